The number of aliphatic carboxylic acids is 1. The second-order valence-electron chi connectivity index (χ2n) is 6.79. The van der Waals surface area contributed by atoms with Gasteiger partial charge in [0.1, 0.15) is 12.1 Å². The zero-order valence-electron chi connectivity index (χ0n) is 15.8. The highest BCUT2D eigenvalue weighted by Gasteiger charge is 2.33. The summed E-state index contributed by atoms with van der Waals surface area (Å²) in [6.07, 6.45) is -1.31. The van der Waals surface area contributed by atoms with E-state index in [0.717, 1.165) is 0 Å². The summed E-state index contributed by atoms with van der Waals surface area (Å²) in [4.78, 5) is 47.5. The van der Waals surface area contributed by atoms with Crippen LogP contribution in [-0.2, 0) is 19.2 Å². The monoisotopic (exact) mass is 374 g/mol. The maximum absolute atomic E-state index is 12.5. The number of aliphatic hydroxyl groups is 1. The van der Waals surface area contributed by atoms with Gasteiger partial charge < -0.3 is 31.9 Å². The summed E-state index contributed by atoms with van der Waals surface area (Å²) in [5.41, 5.74) is 5.24. The Kier molecular flexibility index (Phi) is 9.81. The molecule has 0 saturated carbocycles. The first-order valence-electron chi connectivity index (χ1n) is 8.43. The van der Waals surface area contributed by atoms with Crippen LogP contribution in [0.5, 0.6) is 0 Å². The number of rotatable bonds is 10. The Balaban J connectivity index is 5.25. The largest absolute Gasteiger partial charge is 0.480 e. The number of hydrogen-bond donors (Lipinski definition) is 6. The van der Waals surface area contributed by atoms with E-state index in [4.69, 9.17) is 10.8 Å². The van der Waals surface area contributed by atoms with Crippen molar-refractivity contribution >= 4 is 23.7 Å². The first kappa shape index (κ1) is 23.8. The van der Waals surface area contributed by atoms with Gasteiger partial charge in [0.25, 0.3) is 0 Å². The van der Waals surface area contributed by atoms with Crippen molar-refractivity contribution in [3.63, 3.8) is 0 Å². The number of amides is 3. The molecule has 0 rings (SSSR count). The summed E-state index contributed by atoms with van der Waals surface area (Å²) in [6.45, 7) is 7.74. The minimum absolute atomic E-state index is 0.259. The van der Waals surface area contributed by atoms with Gasteiger partial charge in [-0.25, -0.2) is 4.79 Å². The number of nitrogens with two attached hydrogens (primary N) is 1. The molecule has 26 heavy (non-hydrogen) atoms. The molecule has 0 bridgehead atoms. The zero-order chi connectivity index (χ0) is 20.6. The predicted octanol–water partition coefficient (Wildman–Crippen LogP) is -1.82. The van der Waals surface area contributed by atoms with Crippen LogP contribution in [0.1, 0.15) is 34.6 Å². The average Bonchev–Trinajstić information content (AvgIpc) is 2.53. The van der Waals surface area contributed by atoms with Crippen LogP contribution in [0, 0.1) is 11.8 Å². The van der Waals surface area contributed by atoms with Crippen LogP contribution in [0.15, 0.2) is 0 Å². The molecule has 10 heteroatoms. The molecule has 10 nitrogen and oxygen atoms in total. The zero-order valence-corrected chi connectivity index (χ0v) is 15.8. The lowest BCUT2D eigenvalue weighted by molar-refractivity contribution is -0.145. The molecule has 4 atom stereocenters. The number of aliphatic hydroxyl groups excluding tert-OH is 1. The van der Waals surface area contributed by atoms with Gasteiger partial charge in [0.05, 0.1) is 12.6 Å². The standard InChI is InChI=1S/C16H30N4O6/c1-7(2)11(18-10(22)6-17)14(23)19-12(8(3)4)15(24)20-13(9(5)21)16(25)26/h7-9,11-13,21H,6,17H2,1-5H3,(H,18,22)(H,19,23)(H,20,24)(H,25,26)/t9-,11+,12+,13+/m1/s1. The summed E-state index contributed by atoms with van der Waals surface area (Å²) >= 11 is 0. The maximum atomic E-state index is 12.5. The molecule has 0 aromatic heterocycles. The van der Waals surface area contributed by atoms with E-state index in [1.165, 1.54) is 6.92 Å². The molecule has 0 aromatic rings. The summed E-state index contributed by atoms with van der Waals surface area (Å²) in [5, 5.41) is 25.8. The van der Waals surface area contributed by atoms with Gasteiger partial charge in [0.15, 0.2) is 6.04 Å². The van der Waals surface area contributed by atoms with Gasteiger partial charge in [0.2, 0.25) is 17.7 Å². The number of carboxylic acids is 1. The Hall–Kier alpha value is -2.20. The van der Waals surface area contributed by atoms with Gasteiger partial charge in [0, 0.05) is 0 Å². The molecule has 0 heterocycles. The van der Waals surface area contributed by atoms with Crippen LogP contribution in [0.2, 0.25) is 0 Å². The summed E-state index contributed by atoms with van der Waals surface area (Å²) in [6, 6.07) is -3.44. The molecule has 3 amide bonds. The van der Waals surface area contributed by atoms with Crippen molar-refractivity contribution in [2.24, 2.45) is 17.6 Å². The van der Waals surface area contributed by atoms with Crippen molar-refractivity contribution in [3.8, 4) is 0 Å². The third-order valence-corrected chi connectivity index (χ3v) is 3.74. The van der Waals surface area contributed by atoms with E-state index < -0.39 is 47.9 Å². The van der Waals surface area contributed by atoms with Crippen LogP contribution < -0.4 is 21.7 Å². The average molecular weight is 374 g/mol. The van der Waals surface area contributed by atoms with E-state index in [1.54, 1.807) is 27.7 Å². The highest BCUT2D eigenvalue weighted by atomic mass is 16.4. The minimum Gasteiger partial charge on any atom is -0.480 e. The third-order valence-electron chi connectivity index (χ3n) is 3.74. The number of carboxylic acid groups (broad SMARTS) is 1. The van der Waals surface area contributed by atoms with Crippen LogP contribution in [0.25, 0.3) is 0 Å². The van der Waals surface area contributed by atoms with E-state index in [-0.39, 0.29) is 18.4 Å². The molecular formula is C16H30N4O6. The molecule has 7 N–H and O–H groups in total. The first-order chi connectivity index (χ1) is 11.9. The number of carbonyl (C=O) groups excluding carboxylic acids is 3. The fraction of sp³-hybridized carbons (Fsp3) is 0.750. The molecule has 0 spiro atoms. The van der Waals surface area contributed by atoms with Crippen LogP contribution in [0.3, 0.4) is 0 Å². The quantitative estimate of drug-likeness (QED) is 0.261. The molecule has 0 aliphatic heterocycles. The highest BCUT2D eigenvalue weighted by molar-refractivity contribution is 5.93. The second-order valence-corrected chi connectivity index (χ2v) is 6.79. The van der Waals surface area contributed by atoms with Gasteiger partial charge in [-0.1, -0.05) is 27.7 Å². The predicted molar refractivity (Wildman–Crippen MR) is 93.8 cm³/mol. The second kappa shape index (κ2) is 10.7. The molecule has 0 aliphatic carbocycles. The topological polar surface area (TPSA) is 171 Å². The lowest BCUT2D eigenvalue weighted by Gasteiger charge is -2.28. The van der Waals surface area contributed by atoms with Crippen molar-refractivity contribution in [2.75, 3.05) is 6.54 Å². The Morgan fingerprint density at radius 3 is 1.50 bits per heavy atom. The molecule has 150 valence electrons. The maximum Gasteiger partial charge on any atom is 0.328 e. The Bertz CT molecular complexity index is 521. The van der Waals surface area contributed by atoms with Gasteiger partial charge in [-0.15, -0.1) is 0 Å². The molecule has 0 saturated heterocycles. The van der Waals surface area contributed by atoms with Gasteiger partial charge >= 0.3 is 5.97 Å². The van der Waals surface area contributed by atoms with E-state index in [1.807, 2.05) is 0 Å². The highest BCUT2D eigenvalue weighted by Crippen LogP contribution is 2.07. The summed E-state index contributed by atoms with van der Waals surface area (Å²) < 4.78 is 0. The minimum atomic E-state index is -1.50. The molecular weight excluding hydrogens is 344 g/mol. The Morgan fingerprint density at radius 2 is 1.19 bits per heavy atom. The Morgan fingerprint density at radius 1 is 0.808 bits per heavy atom. The third kappa shape index (κ3) is 7.36. The van der Waals surface area contributed by atoms with E-state index in [0.29, 0.717) is 0 Å². The summed E-state index contributed by atoms with van der Waals surface area (Å²) in [7, 11) is 0. The van der Waals surface area contributed by atoms with Gasteiger partial charge in [-0.05, 0) is 18.8 Å². The SMILES string of the molecule is CC(C)[C@H](NC(=O)CN)C(=O)N[C@H](C(=O)N[C@H](C(=O)O)[C@@H](C)O)C(C)C. The van der Waals surface area contributed by atoms with Crippen molar-refractivity contribution in [1.82, 2.24) is 16.0 Å². The van der Waals surface area contributed by atoms with Crippen molar-refractivity contribution in [3.05, 3.63) is 0 Å². The van der Waals surface area contributed by atoms with Gasteiger partial charge in [-0.2, -0.15) is 0 Å². The van der Waals surface area contributed by atoms with Gasteiger partial charge in [-0.3, -0.25) is 14.4 Å². The fourth-order valence-corrected chi connectivity index (χ4v) is 2.18. The molecule has 0 aromatic carbocycles. The van der Waals surface area contributed by atoms with E-state index in [9.17, 15) is 24.3 Å². The van der Waals surface area contributed by atoms with Crippen molar-refractivity contribution in [2.45, 2.75) is 58.8 Å². The van der Waals surface area contributed by atoms with Crippen LogP contribution in [-0.4, -0.2) is 64.7 Å². The van der Waals surface area contributed by atoms with Crippen LogP contribution >= 0.6 is 0 Å². The van der Waals surface area contributed by atoms with Crippen molar-refractivity contribution in [1.29, 1.82) is 0 Å². The molecule has 0 fully saturated rings. The lowest BCUT2D eigenvalue weighted by Crippen LogP contribution is -2.59. The number of nitrogens with one attached hydrogen (secondary N) is 3. The van der Waals surface area contributed by atoms with Crippen LogP contribution in [0.4, 0.5) is 0 Å². The fourth-order valence-electron chi connectivity index (χ4n) is 2.18. The van der Waals surface area contributed by atoms with E-state index >= 15 is 0 Å². The van der Waals surface area contributed by atoms with E-state index in [2.05, 4.69) is 16.0 Å². The molecule has 0 aliphatic rings. The number of carbonyl (C=O) groups is 4. The summed E-state index contributed by atoms with van der Waals surface area (Å²) in [5.74, 6) is -3.85. The number of hydrogen-bond acceptors (Lipinski definition) is 6. The smallest absolute Gasteiger partial charge is 0.328 e. The first-order valence-corrected chi connectivity index (χ1v) is 8.43. The lowest BCUT2D eigenvalue weighted by atomic mass is 9.99. The van der Waals surface area contributed by atoms with Crippen molar-refractivity contribution < 1.29 is 29.4 Å². The normalized spacial score (nSPS) is 15.7. The molecule has 0 radical (unpaired) electrons. The molecule has 0 unspecified atom stereocenters. The Labute approximate surface area is 152 Å².